The number of hydrogen-bond donors (Lipinski definition) is 1. The maximum atomic E-state index is 14.0. The van der Waals surface area contributed by atoms with E-state index in [9.17, 15) is 22.9 Å². The van der Waals surface area contributed by atoms with Crippen LogP contribution in [0.4, 0.5) is 18.0 Å². The lowest BCUT2D eigenvalue weighted by atomic mass is 9.79. The van der Waals surface area contributed by atoms with E-state index in [0.717, 1.165) is 29.7 Å². The maximum Gasteiger partial charge on any atom is 0.408 e. The summed E-state index contributed by atoms with van der Waals surface area (Å²) in [5.74, 6) is -1.01. The quantitative estimate of drug-likeness (QED) is 0.400. The smallest absolute Gasteiger partial charge is 0.326 e. The number of aryl methyl sites for hydroxylation is 1. The van der Waals surface area contributed by atoms with Crippen LogP contribution in [0, 0.1) is 16.7 Å². The second-order valence-corrected chi connectivity index (χ2v) is 9.67. The Balaban J connectivity index is 1.72. The van der Waals surface area contributed by atoms with Gasteiger partial charge in [0.1, 0.15) is 11.7 Å². The molecule has 1 aromatic carbocycles. The van der Waals surface area contributed by atoms with Crippen LogP contribution in [0.5, 0.6) is 0 Å². The van der Waals surface area contributed by atoms with E-state index >= 15 is 0 Å². The predicted octanol–water partition coefficient (Wildman–Crippen LogP) is 7.37. The molecule has 5 nitrogen and oxygen atoms in total. The molecule has 3 atom stereocenters. The fourth-order valence-electron chi connectivity index (χ4n) is 5.16. The number of rotatable bonds is 7. The Morgan fingerprint density at radius 3 is 2.44 bits per heavy atom. The highest BCUT2D eigenvalue weighted by Gasteiger charge is 2.51. The molecule has 1 aliphatic heterocycles. The first-order valence-electron chi connectivity index (χ1n) is 11.7. The van der Waals surface area contributed by atoms with Crippen LogP contribution in [0.3, 0.4) is 0 Å². The number of likely N-dealkylation sites (tertiary alicyclic amines) is 1. The molecule has 2 fully saturated rings. The first-order chi connectivity index (χ1) is 16.1. The third-order valence-corrected chi connectivity index (χ3v) is 7.20. The molecule has 34 heavy (non-hydrogen) atoms. The minimum Gasteiger partial charge on any atom is -0.326 e. The minimum absolute atomic E-state index is 0.104. The van der Waals surface area contributed by atoms with Crippen LogP contribution < -0.4 is 5.32 Å². The van der Waals surface area contributed by atoms with E-state index in [-0.39, 0.29) is 11.6 Å². The molecular formula is C25H31ClF3N3O2. The number of nitrogens with zero attached hydrogens (tertiary/aromatic N) is 2. The van der Waals surface area contributed by atoms with Crippen molar-refractivity contribution in [1.29, 1.82) is 0 Å². The Hall–Kier alpha value is -2.35. The topological polar surface area (TPSA) is 61.8 Å². The normalized spacial score (nSPS) is 22.8. The fraction of sp³-hybridized carbons (Fsp3) is 0.560. The molecule has 0 aromatic heterocycles. The molecule has 9 heteroatoms. The lowest BCUT2D eigenvalue weighted by Gasteiger charge is -2.50. The standard InChI is InChI=1S/C25H31ClF3N3O2/c1-16(31-34)22-21(14-13-18-9-8-12-20(26)15-18)17(2)32(22)24(33)30-23(25(27,28)29)19-10-6-4-3-5-7-11-19/h8-9,12,15,19,21-23H,1-7,10-11,13-14H2,(H,30,33)/t21-,22?,23?/m0/s1. The van der Waals surface area contributed by atoms with Crippen molar-refractivity contribution in [2.45, 2.75) is 76.0 Å². The summed E-state index contributed by atoms with van der Waals surface area (Å²) in [7, 11) is 0. The Morgan fingerprint density at radius 1 is 1.21 bits per heavy atom. The summed E-state index contributed by atoms with van der Waals surface area (Å²) in [5.41, 5.74) is 1.22. The summed E-state index contributed by atoms with van der Waals surface area (Å²) in [4.78, 5) is 25.4. The fourth-order valence-corrected chi connectivity index (χ4v) is 5.37. The Bertz CT molecular complexity index is 913. The average molecular weight is 498 g/mol. The van der Waals surface area contributed by atoms with Gasteiger partial charge in [0.15, 0.2) is 0 Å². The van der Waals surface area contributed by atoms with Crippen molar-refractivity contribution in [2.24, 2.45) is 17.0 Å². The van der Waals surface area contributed by atoms with Crippen LogP contribution >= 0.6 is 11.6 Å². The number of hydrogen-bond acceptors (Lipinski definition) is 3. The zero-order valence-corrected chi connectivity index (χ0v) is 19.9. The molecule has 1 aliphatic carbocycles. The first kappa shape index (κ1) is 26.3. The number of nitrogens with one attached hydrogen (secondary N) is 1. The zero-order chi connectivity index (χ0) is 24.9. The summed E-state index contributed by atoms with van der Waals surface area (Å²) in [6, 6.07) is 3.62. The molecule has 2 aliphatic rings. The second kappa shape index (κ2) is 11.4. The molecule has 0 radical (unpaired) electrons. The van der Waals surface area contributed by atoms with Gasteiger partial charge in [-0.1, -0.05) is 69.0 Å². The predicted molar refractivity (Wildman–Crippen MR) is 127 cm³/mol. The number of carbonyl (C=O) groups excluding carboxylic acids is 1. The van der Waals surface area contributed by atoms with Crippen molar-refractivity contribution in [3.63, 3.8) is 0 Å². The molecule has 1 aromatic rings. The van der Waals surface area contributed by atoms with Gasteiger partial charge in [-0.2, -0.15) is 13.2 Å². The minimum atomic E-state index is -4.58. The van der Waals surface area contributed by atoms with E-state index in [1.165, 1.54) is 0 Å². The summed E-state index contributed by atoms with van der Waals surface area (Å²) in [6.45, 7) is 7.56. The Morgan fingerprint density at radius 2 is 1.85 bits per heavy atom. The lowest BCUT2D eigenvalue weighted by Crippen LogP contribution is -2.63. The van der Waals surface area contributed by atoms with Crippen molar-refractivity contribution >= 4 is 17.6 Å². The van der Waals surface area contributed by atoms with E-state index in [1.54, 1.807) is 6.07 Å². The summed E-state index contributed by atoms with van der Waals surface area (Å²) >= 11 is 6.03. The van der Waals surface area contributed by atoms with Gasteiger partial charge in [-0.3, -0.25) is 4.90 Å². The van der Waals surface area contributed by atoms with E-state index in [4.69, 9.17) is 11.6 Å². The van der Waals surface area contributed by atoms with E-state index in [2.05, 4.69) is 23.7 Å². The highest BCUT2D eigenvalue weighted by atomic mass is 35.5. The Labute approximate surface area is 203 Å². The summed E-state index contributed by atoms with van der Waals surface area (Å²) in [6.07, 6.45) is 1.63. The van der Waals surface area contributed by atoms with E-state index in [0.29, 0.717) is 49.2 Å². The van der Waals surface area contributed by atoms with Crippen molar-refractivity contribution in [3.8, 4) is 0 Å². The highest BCUT2D eigenvalue weighted by Crippen LogP contribution is 2.43. The van der Waals surface area contributed by atoms with Crippen molar-refractivity contribution in [2.75, 3.05) is 0 Å². The molecule has 1 saturated carbocycles. The summed E-state index contributed by atoms with van der Waals surface area (Å²) in [5, 5.41) is 5.70. The molecule has 186 valence electrons. The molecule has 2 unspecified atom stereocenters. The van der Waals surface area contributed by atoms with Gasteiger partial charge < -0.3 is 5.32 Å². The number of halogens is 4. The SMILES string of the molecule is C=C(N=O)C1[C@@H](CCc2cccc(Cl)c2)C(=C)N1C(=O)NC(C1CCCCCCC1)C(F)(F)F. The highest BCUT2D eigenvalue weighted by molar-refractivity contribution is 6.30. The van der Waals surface area contributed by atoms with Crippen molar-refractivity contribution in [1.82, 2.24) is 10.2 Å². The van der Waals surface area contributed by atoms with Crippen LogP contribution in [-0.4, -0.2) is 29.2 Å². The van der Waals surface area contributed by atoms with Gasteiger partial charge in [0.05, 0.1) is 6.04 Å². The monoisotopic (exact) mass is 497 g/mol. The van der Waals surface area contributed by atoms with E-state index < -0.39 is 30.2 Å². The van der Waals surface area contributed by atoms with Gasteiger partial charge in [0.25, 0.3) is 0 Å². The van der Waals surface area contributed by atoms with Crippen LogP contribution in [0.15, 0.2) is 54.0 Å². The van der Waals surface area contributed by atoms with Crippen LogP contribution in [0.2, 0.25) is 5.02 Å². The molecule has 1 heterocycles. The third-order valence-electron chi connectivity index (χ3n) is 6.96. The number of urea groups is 1. The van der Waals surface area contributed by atoms with Gasteiger partial charge in [0.2, 0.25) is 0 Å². The van der Waals surface area contributed by atoms with Gasteiger partial charge >= 0.3 is 12.2 Å². The third kappa shape index (κ3) is 6.20. The van der Waals surface area contributed by atoms with Gasteiger partial charge in [-0.25, -0.2) is 4.79 Å². The largest absolute Gasteiger partial charge is 0.408 e. The van der Waals surface area contributed by atoms with Crippen molar-refractivity contribution < 1.29 is 18.0 Å². The molecule has 0 bridgehead atoms. The number of carbonyl (C=O) groups is 1. The van der Waals surface area contributed by atoms with Gasteiger partial charge in [-0.05, 0) is 54.5 Å². The number of amides is 2. The molecular weight excluding hydrogens is 467 g/mol. The molecule has 2 amide bonds. The number of alkyl halides is 3. The van der Waals surface area contributed by atoms with Crippen LogP contribution in [0.25, 0.3) is 0 Å². The molecule has 0 spiro atoms. The zero-order valence-electron chi connectivity index (χ0n) is 19.1. The molecule has 1 N–H and O–H groups in total. The van der Waals surface area contributed by atoms with Crippen LogP contribution in [0.1, 0.15) is 56.9 Å². The Kier molecular flexibility index (Phi) is 8.79. The van der Waals surface area contributed by atoms with Crippen molar-refractivity contribution in [3.05, 3.63) is 64.3 Å². The number of nitroso groups, excluding NO2 is 1. The molecule has 3 rings (SSSR count). The van der Waals surface area contributed by atoms with Gasteiger partial charge in [-0.15, -0.1) is 4.91 Å². The lowest BCUT2D eigenvalue weighted by molar-refractivity contribution is -0.167. The van der Waals surface area contributed by atoms with Gasteiger partial charge in [0, 0.05) is 16.6 Å². The maximum absolute atomic E-state index is 14.0. The first-order valence-corrected chi connectivity index (χ1v) is 12.1. The second-order valence-electron chi connectivity index (χ2n) is 9.24. The number of benzene rings is 1. The van der Waals surface area contributed by atoms with E-state index in [1.807, 2.05) is 18.2 Å². The van der Waals surface area contributed by atoms with Crippen LogP contribution in [-0.2, 0) is 6.42 Å². The summed E-state index contributed by atoms with van der Waals surface area (Å²) < 4.78 is 41.9. The molecule has 1 saturated heterocycles. The average Bonchev–Trinajstić information content (AvgIpc) is 2.75.